The minimum Gasteiger partial charge on any atom is -0.378 e. The predicted octanol–water partition coefficient (Wildman–Crippen LogP) is 1.32. The maximum atomic E-state index is 10.00. The van der Waals surface area contributed by atoms with E-state index in [2.05, 4.69) is 5.18 Å². The van der Waals surface area contributed by atoms with Gasteiger partial charge in [-0.1, -0.05) is 5.18 Å². The monoisotopic (exact) mass is 129 g/mol. The number of hydrogen-bond acceptors (Lipinski definition) is 3. The van der Waals surface area contributed by atoms with Gasteiger partial charge in [0.25, 0.3) is 0 Å². The molecule has 0 spiro atoms. The first kappa shape index (κ1) is 6.68. The summed E-state index contributed by atoms with van der Waals surface area (Å²) in [6, 6.07) is 0.00810. The van der Waals surface area contributed by atoms with Crippen LogP contribution in [0, 0.1) is 4.91 Å². The van der Waals surface area contributed by atoms with Gasteiger partial charge in [0.05, 0.1) is 12.1 Å². The van der Waals surface area contributed by atoms with Crippen LogP contribution >= 0.6 is 0 Å². The average Bonchev–Trinajstić information content (AvgIpc) is 1.88. The van der Waals surface area contributed by atoms with Gasteiger partial charge in [0.2, 0.25) is 0 Å². The molecule has 9 heavy (non-hydrogen) atoms. The van der Waals surface area contributed by atoms with E-state index in [1.165, 1.54) is 0 Å². The summed E-state index contributed by atoms with van der Waals surface area (Å²) in [6.07, 6.45) is 1.82. The van der Waals surface area contributed by atoms with Crippen LogP contribution in [0.3, 0.4) is 0 Å². The van der Waals surface area contributed by atoms with Gasteiger partial charge in [-0.05, 0) is 19.8 Å². The average molecular weight is 129 g/mol. The van der Waals surface area contributed by atoms with Crippen molar-refractivity contribution in [1.82, 2.24) is 0 Å². The predicted molar refractivity (Wildman–Crippen MR) is 34.2 cm³/mol. The molecule has 3 heteroatoms. The van der Waals surface area contributed by atoms with Crippen molar-refractivity contribution in [2.45, 2.75) is 31.9 Å². The molecule has 0 amide bonds. The van der Waals surface area contributed by atoms with E-state index in [1.54, 1.807) is 0 Å². The third kappa shape index (κ3) is 1.75. The Morgan fingerprint density at radius 1 is 1.67 bits per heavy atom. The number of nitrogens with zero attached hydrogens (tertiary/aromatic N) is 1. The van der Waals surface area contributed by atoms with E-state index < -0.39 is 0 Å². The summed E-state index contributed by atoms with van der Waals surface area (Å²) in [6.45, 7) is 2.66. The van der Waals surface area contributed by atoms with E-state index in [0.717, 1.165) is 12.8 Å². The van der Waals surface area contributed by atoms with Crippen LogP contribution in [0.1, 0.15) is 19.8 Å². The van der Waals surface area contributed by atoms with E-state index in [-0.39, 0.29) is 12.1 Å². The Labute approximate surface area is 54.4 Å². The van der Waals surface area contributed by atoms with E-state index in [9.17, 15) is 4.91 Å². The fourth-order valence-electron chi connectivity index (χ4n) is 1.07. The molecule has 3 nitrogen and oxygen atoms in total. The third-order valence-corrected chi connectivity index (χ3v) is 1.61. The molecule has 1 saturated heterocycles. The van der Waals surface area contributed by atoms with Crippen LogP contribution < -0.4 is 0 Å². The van der Waals surface area contributed by atoms with Gasteiger partial charge in [0.15, 0.2) is 0 Å². The van der Waals surface area contributed by atoms with Gasteiger partial charge in [-0.2, -0.15) is 4.91 Å². The molecule has 0 aromatic rings. The van der Waals surface area contributed by atoms with Crippen molar-refractivity contribution in [1.29, 1.82) is 0 Å². The lowest BCUT2D eigenvalue weighted by Crippen LogP contribution is -2.25. The van der Waals surface area contributed by atoms with Crippen molar-refractivity contribution in [2.24, 2.45) is 5.18 Å². The van der Waals surface area contributed by atoms with Gasteiger partial charge in [0.1, 0.15) is 0 Å². The van der Waals surface area contributed by atoms with E-state index >= 15 is 0 Å². The number of nitroso groups, excluding NO2 is 1. The molecule has 1 aliphatic heterocycles. The van der Waals surface area contributed by atoms with Crippen LogP contribution in [0.15, 0.2) is 5.18 Å². The van der Waals surface area contributed by atoms with Crippen molar-refractivity contribution in [2.75, 3.05) is 6.61 Å². The second-order valence-electron chi connectivity index (χ2n) is 2.47. The largest absolute Gasteiger partial charge is 0.378 e. The van der Waals surface area contributed by atoms with Crippen LogP contribution in [0.2, 0.25) is 0 Å². The van der Waals surface area contributed by atoms with Crippen molar-refractivity contribution in [3.05, 3.63) is 4.91 Å². The van der Waals surface area contributed by atoms with Crippen LogP contribution in [-0.2, 0) is 4.74 Å². The Morgan fingerprint density at radius 2 is 2.44 bits per heavy atom. The van der Waals surface area contributed by atoms with Gasteiger partial charge < -0.3 is 4.74 Å². The third-order valence-electron chi connectivity index (χ3n) is 1.61. The van der Waals surface area contributed by atoms with Gasteiger partial charge in [-0.25, -0.2) is 0 Å². The molecule has 1 fully saturated rings. The molecule has 0 aromatic carbocycles. The van der Waals surface area contributed by atoms with Gasteiger partial charge in [0, 0.05) is 6.61 Å². The summed E-state index contributed by atoms with van der Waals surface area (Å²) in [5, 5.41) is 2.97. The number of hydrogen-bond donors (Lipinski definition) is 0. The molecular weight excluding hydrogens is 118 g/mol. The Balaban J connectivity index is 2.31. The Kier molecular flexibility index (Phi) is 2.16. The molecule has 0 N–H and O–H groups in total. The normalized spacial score (nSPS) is 36.1. The minimum atomic E-state index is 0.00810. The zero-order valence-corrected chi connectivity index (χ0v) is 5.54. The first-order chi connectivity index (χ1) is 4.33. The number of ether oxygens (including phenoxy) is 1. The fraction of sp³-hybridized carbons (Fsp3) is 1.00. The lowest BCUT2D eigenvalue weighted by molar-refractivity contribution is 0.0201. The zero-order valence-electron chi connectivity index (χ0n) is 5.54. The summed E-state index contributed by atoms with van der Waals surface area (Å²) in [4.78, 5) is 10.00. The van der Waals surface area contributed by atoms with E-state index in [0.29, 0.717) is 6.61 Å². The molecule has 0 unspecified atom stereocenters. The molecule has 0 radical (unpaired) electrons. The lowest BCUT2D eigenvalue weighted by atomic mass is 10.1. The van der Waals surface area contributed by atoms with Crippen LogP contribution in [0.4, 0.5) is 0 Å². The highest BCUT2D eigenvalue weighted by molar-refractivity contribution is 4.73. The van der Waals surface area contributed by atoms with Crippen LogP contribution in [-0.4, -0.2) is 18.8 Å². The zero-order chi connectivity index (χ0) is 6.69. The van der Waals surface area contributed by atoms with Crippen LogP contribution in [0.25, 0.3) is 0 Å². The Morgan fingerprint density at radius 3 is 2.89 bits per heavy atom. The summed E-state index contributed by atoms with van der Waals surface area (Å²) in [5.41, 5.74) is 0. The quantitative estimate of drug-likeness (QED) is 0.501. The van der Waals surface area contributed by atoms with E-state index in [1.807, 2.05) is 6.92 Å². The summed E-state index contributed by atoms with van der Waals surface area (Å²) in [5.74, 6) is 0. The molecule has 0 saturated carbocycles. The summed E-state index contributed by atoms with van der Waals surface area (Å²) in [7, 11) is 0. The summed E-state index contributed by atoms with van der Waals surface area (Å²) < 4.78 is 5.21. The smallest absolute Gasteiger partial charge is 0.0966 e. The molecule has 0 aromatic heterocycles. The van der Waals surface area contributed by atoms with Gasteiger partial charge in [-0.3, -0.25) is 0 Å². The van der Waals surface area contributed by atoms with Crippen molar-refractivity contribution >= 4 is 0 Å². The second-order valence-corrected chi connectivity index (χ2v) is 2.47. The second kappa shape index (κ2) is 2.92. The first-order valence-corrected chi connectivity index (χ1v) is 3.27. The highest BCUT2D eigenvalue weighted by Gasteiger charge is 2.18. The molecular formula is C6H11NO2. The van der Waals surface area contributed by atoms with Crippen molar-refractivity contribution < 1.29 is 4.74 Å². The first-order valence-electron chi connectivity index (χ1n) is 3.27. The molecule has 0 aliphatic carbocycles. The Bertz CT molecular complexity index is 105. The highest BCUT2D eigenvalue weighted by atomic mass is 16.5. The molecule has 2 atom stereocenters. The maximum absolute atomic E-state index is 10.00. The maximum Gasteiger partial charge on any atom is 0.0966 e. The van der Waals surface area contributed by atoms with Crippen molar-refractivity contribution in [3.8, 4) is 0 Å². The molecule has 1 rings (SSSR count). The summed E-state index contributed by atoms with van der Waals surface area (Å²) >= 11 is 0. The Hall–Kier alpha value is -0.440. The highest BCUT2D eigenvalue weighted by Crippen LogP contribution is 2.15. The van der Waals surface area contributed by atoms with Crippen molar-refractivity contribution in [3.63, 3.8) is 0 Å². The molecule has 1 heterocycles. The number of rotatable bonds is 1. The van der Waals surface area contributed by atoms with Gasteiger partial charge in [-0.15, -0.1) is 0 Å². The van der Waals surface area contributed by atoms with Crippen LogP contribution in [0.5, 0.6) is 0 Å². The standard InChI is InChI=1S/C6H11NO2/c1-5-4-6(7-8)2-3-9-5/h5-6H,2-4H2,1H3/t5-,6-/m1/s1. The van der Waals surface area contributed by atoms with E-state index in [4.69, 9.17) is 4.74 Å². The molecule has 0 bridgehead atoms. The lowest BCUT2D eigenvalue weighted by Gasteiger charge is -2.21. The SMILES string of the molecule is C[C@@H]1C[C@H](N=O)CCO1. The topological polar surface area (TPSA) is 38.7 Å². The molecule has 52 valence electrons. The minimum absolute atomic E-state index is 0.00810. The van der Waals surface area contributed by atoms with Gasteiger partial charge >= 0.3 is 0 Å². The fourth-order valence-corrected chi connectivity index (χ4v) is 1.07. The molecule has 1 aliphatic rings.